The molecule has 1 aromatic carbocycles. The molecule has 0 aliphatic carbocycles. The lowest BCUT2D eigenvalue weighted by Gasteiger charge is -2.31. The van der Waals surface area contributed by atoms with Crippen molar-refractivity contribution in [3.8, 4) is 0 Å². The van der Waals surface area contributed by atoms with Gasteiger partial charge in [-0.3, -0.25) is 0 Å². The van der Waals surface area contributed by atoms with E-state index >= 15 is 0 Å². The molecule has 0 bridgehead atoms. The van der Waals surface area contributed by atoms with Crippen LogP contribution < -0.4 is 10.6 Å². The van der Waals surface area contributed by atoms with Gasteiger partial charge in [-0.05, 0) is 49.8 Å². The molecule has 156 valence electrons. The van der Waals surface area contributed by atoms with Gasteiger partial charge in [-0.1, -0.05) is 32.0 Å². The number of aryl methyl sites for hydroxylation is 1. The number of likely N-dealkylation sites (tertiary alicyclic amines) is 1. The zero-order chi connectivity index (χ0) is 20.8. The maximum atomic E-state index is 11.8. The number of nitrogens with zero attached hydrogens (tertiary/aromatic N) is 3. The number of hydrogen-bond donors (Lipinski definition) is 2. The lowest BCUT2D eigenvalue weighted by atomic mass is 9.98. The van der Waals surface area contributed by atoms with Gasteiger partial charge in [0.05, 0.1) is 6.61 Å². The van der Waals surface area contributed by atoms with E-state index in [1.807, 2.05) is 13.0 Å². The number of anilines is 3. The second kappa shape index (κ2) is 9.58. The van der Waals surface area contributed by atoms with E-state index < -0.39 is 0 Å². The minimum absolute atomic E-state index is 0.223. The summed E-state index contributed by atoms with van der Waals surface area (Å²) in [5, 5.41) is 6.88. The highest BCUT2D eigenvalue weighted by atomic mass is 16.6. The average Bonchev–Trinajstić information content (AvgIpc) is 2.70. The molecule has 1 fully saturated rings. The quantitative estimate of drug-likeness (QED) is 0.736. The van der Waals surface area contributed by atoms with Crippen molar-refractivity contribution in [2.45, 2.75) is 52.5 Å². The molecule has 1 aromatic heterocycles. The van der Waals surface area contributed by atoms with Crippen molar-refractivity contribution >= 4 is 23.5 Å². The Hall–Kier alpha value is -2.83. The van der Waals surface area contributed by atoms with Crippen LogP contribution in [0.5, 0.6) is 0 Å². The molecule has 2 heterocycles. The second-order valence-corrected chi connectivity index (χ2v) is 7.69. The van der Waals surface area contributed by atoms with Crippen LogP contribution in [0.2, 0.25) is 0 Å². The van der Waals surface area contributed by atoms with E-state index in [9.17, 15) is 4.79 Å². The molecule has 1 saturated heterocycles. The lowest BCUT2D eigenvalue weighted by molar-refractivity contribution is 0.0983. The molecule has 3 rings (SSSR count). The fraction of sp³-hybridized carbons (Fsp3) is 0.500. The van der Waals surface area contributed by atoms with Crippen molar-refractivity contribution in [3.05, 3.63) is 41.6 Å². The zero-order valence-electron chi connectivity index (χ0n) is 17.7. The van der Waals surface area contributed by atoms with Gasteiger partial charge in [-0.25, -0.2) is 9.78 Å². The highest BCUT2D eigenvalue weighted by Gasteiger charge is 2.23. The molecule has 7 nitrogen and oxygen atoms in total. The largest absolute Gasteiger partial charge is 0.450 e. The van der Waals surface area contributed by atoms with Gasteiger partial charge < -0.3 is 20.3 Å². The van der Waals surface area contributed by atoms with Crippen molar-refractivity contribution in [1.29, 1.82) is 0 Å². The summed E-state index contributed by atoms with van der Waals surface area (Å²) in [6.45, 7) is 10.1. The third-order valence-corrected chi connectivity index (χ3v) is 5.19. The normalized spacial score (nSPS) is 14.7. The number of carbonyl (C=O) groups is 1. The summed E-state index contributed by atoms with van der Waals surface area (Å²) in [6, 6.07) is 8.46. The average molecular weight is 398 g/mol. The molecule has 0 spiro atoms. The summed E-state index contributed by atoms with van der Waals surface area (Å²) in [4.78, 5) is 22.6. The molecule has 2 N–H and O–H groups in total. The number of carbonyl (C=O) groups excluding carboxylic acids is 1. The van der Waals surface area contributed by atoms with Gasteiger partial charge in [0.25, 0.3) is 0 Å². The third kappa shape index (κ3) is 5.37. The van der Waals surface area contributed by atoms with E-state index in [4.69, 9.17) is 4.74 Å². The van der Waals surface area contributed by atoms with Crippen LogP contribution in [0, 0.1) is 6.92 Å². The molecule has 1 aliphatic rings. The van der Waals surface area contributed by atoms with E-state index in [1.165, 1.54) is 11.1 Å². The first-order valence-corrected chi connectivity index (χ1v) is 10.4. The third-order valence-electron chi connectivity index (χ3n) is 5.19. The Bertz CT molecular complexity index is 832. The van der Waals surface area contributed by atoms with Crippen LogP contribution in [-0.4, -0.2) is 46.7 Å². The van der Waals surface area contributed by atoms with Gasteiger partial charge in [-0.15, -0.1) is 0 Å². The second-order valence-electron chi connectivity index (χ2n) is 7.69. The number of benzene rings is 1. The Morgan fingerprint density at radius 2 is 2.03 bits per heavy atom. The first kappa shape index (κ1) is 20.9. The summed E-state index contributed by atoms with van der Waals surface area (Å²) in [5.41, 5.74) is 3.49. The number of nitrogens with one attached hydrogen (secondary N) is 2. The van der Waals surface area contributed by atoms with Crippen LogP contribution in [0.25, 0.3) is 0 Å². The molecular formula is C22H31N5O2. The van der Waals surface area contributed by atoms with Crippen molar-refractivity contribution < 1.29 is 9.53 Å². The van der Waals surface area contributed by atoms with Crippen molar-refractivity contribution in [1.82, 2.24) is 14.9 Å². The molecule has 1 aliphatic heterocycles. The highest BCUT2D eigenvalue weighted by molar-refractivity contribution is 5.67. The van der Waals surface area contributed by atoms with E-state index in [2.05, 4.69) is 59.6 Å². The molecule has 2 aromatic rings. The van der Waals surface area contributed by atoms with Crippen LogP contribution >= 0.6 is 0 Å². The minimum atomic E-state index is -0.223. The predicted octanol–water partition coefficient (Wildman–Crippen LogP) is 4.68. The molecule has 0 radical (unpaired) electrons. The lowest BCUT2D eigenvalue weighted by Crippen LogP contribution is -2.42. The summed E-state index contributed by atoms with van der Waals surface area (Å²) in [5.74, 6) is 1.77. The number of ether oxygens (including phenoxy) is 1. The molecule has 7 heteroatoms. The van der Waals surface area contributed by atoms with Gasteiger partial charge in [0.1, 0.15) is 5.82 Å². The summed E-state index contributed by atoms with van der Waals surface area (Å²) < 4.78 is 5.08. The van der Waals surface area contributed by atoms with Crippen molar-refractivity contribution in [2.75, 3.05) is 30.3 Å². The highest BCUT2D eigenvalue weighted by Crippen LogP contribution is 2.29. The van der Waals surface area contributed by atoms with Crippen LogP contribution in [-0.2, 0) is 4.74 Å². The topological polar surface area (TPSA) is 79.4 Å². The van der Waals surface area contributed by atoms with Gasteiger partial charge in [-0.2, -0.15) is 4.98 Å². The van der Waals surface area contributed by atoms with E-state index in [0.717, 1.165) is 24.3 Å². The summed E-state index contributed by atoms with van der Waals surface area (Å²) in [7, 11) is 0. The standard InChI is InChI=1S/C22H31N5O2/c1-5-29-22(28)27-13-10-17(11-14-27)24-19-9-12-23-21(25-19)26-20-16(4)7-6-8-18(20)15(2)3/h6-9,12,15,17H,5,10-11,13-14H2,1-4H3,(H2,23,24,25,26). The number of para-hydroxylation sites is 1. The van der Waals surface area contributed by atoms with E-state index in [-0.39, 0.29) is 12.1 Å². The summed E-state index contributed by atoms with van der Waals surface area (Å²) in [6.07, 6.45) is 3.26. The predicted molar refractivity (Wildman–Crippen MR) is 116 cm³/mol. The fourth-order valence-electron chi connectivity index (χ4n) is 3.58. The monoisotopic (exact) mass is 397 g/mol. The number of rotatable bonds is 6. The summed E-state index contributed by atoms with van der Waals surface area (Å²) >= 11 is 0. The van der Waals surface area contributed by atoms with Crippen LogP contribution in [0.3, 0.4) is 0 Å². The van der Waals surface area contributed by atoms with Crippen LogP contribution in [0.1, 0.15) is 50.7 Å². The van der Waals surface area contributed by atoms with E-state index in [1.54, 1.807) is 11.1 Å². The Balaban J connectivity index is 1.64. The Morgan fingerprint density at radius 3 is 2.72 bits per heavy atom. The van der Waals surface area contributed by atoms with Gasteiger partial charge in [0.15, 0.2) is 0 Å². The van der Waals surface area contributed by atoms with Gasteiger partial charge >= 0.3 is 6.09 Å². The molecular weight excluding hydrogens is 366 g/mol. The van der Waals surface area contributed by atoms with Gasteiger partial charge in [0, 0.05) is 31.0 Å². The Labute approximate surface area is 172 Å². The van der Waals surface area contributed by atoms with E-state index in [0.29, 0.717) is 31.6 Å². The minimum Gasteiger partial charge on any atom is -0.450 e. The molecule has 1 amide bonds. The first-order valence-electron chi connectivity index (χ1n) is 10.4. The van der Waals surface area contributed by atoms with Crippen LogP contribution in [0.15, 0.2) is 30.5 Å². The van der Waals surface area contributed by atoms with Crippen LogP contribution in [0.4, 0.5) is 22.2 Å². The first-order chi connectivity index (χ1) is 14.0. The molecule has 0 saturated carbocycles. The maximum Gasteiger partial charge on any atom is 0.409 e. The number of aromatic nitrogens is 2. The maximum absolute atomic E-state index is 11.8. The smallest absolute Gasteiger partial charge is 0.409 e. The van der Waals surface area contributed by atoms with Crippen molar-refractivity contribution in [3.63, 3.8) is 0 Å². The SMILES string of the molecule is CCOC(=O)N1CCC(Nc2ccnc(Nc3c(C)cccc3C(C)C)n2)CC1. The number of piperidine rings is 1. The molecule has 0 atom stereocenters. The Kier molecular flexibility index (Phi) is 6.90. The van der Waals surface area contributed by atoms with Crippen molar-refractivity contribution in [2.24, 2.45) is 0 Å². The fourth-order valence-corrected chi connectivity index (χ4v) is 3.58. The zero-order valence-corrected chi connectivity index (χ0v) is 17.7. The number of amides is 1. The number of hydrogen-bond acceptors (Lipinski definition) is 6. The Morgan fingerprint density at radius 1 is 1.28 bits per heavy atom. The molecule has 29 heavy (non-hydrogen) atoms. The van der Waals surface area contributed by atoms with Gasteiger partial charge in [0.2, 0.25) is 5.95 Å². The molecule has 0 unspecified atom stereocenters.